The van der Waals surface area contributed by atoms with E-state index < -0.39 is 5.25 Å². The van der Waals surface area contributed by atoms with E-state index in [-0.39, 0.29) is 11.5 Å². The Bertz CT molecular complexity index is 1680. The van der Waals surface area contributed by atoms with Gasteiger partial charge in [-0.15, -0.1) is 17.9 Å². The molecular weight excluding hydrogens is 526 g/mol. The molecule has 39 heavy (non-hydrogen) atoms. The molecule has 1 unspecified atom stereocenters. The van der Waals surface area contributed by atoms with Crippen LogP contribution in [0, 0.1) is 6.92 Å². The predicted molar refractivity (Wildman–Crippen MR) is 161 cm³/mol. The smallest absolute Gasteiger partial charge is 0.263 e. The molecule has 8 heteroatoms. The van der Waals surface area contributed by atoms with Crippen LogP contribution in [0.3, 0.4) is 0 Å². The van der Waals surface area contributed by atoms with Crippen LogP contribution in [0.2, 0.25) is 0 Å². The molecule has 0 radical (unpaired) electrons. The zero-order valence-corrected chi connectivity index (χ0v) is 23.2. The van der Waals surface area contributed by atoms with Crippen molar-refractivity contribution in [1.82, 2.24) is 9.55 Å². The third-order valence-corrected chi connectivity index (χ3v) is 8.05. The van der Waals surface area contributed by atoms with Crippen LogP contribution >= 0.6 is 23.1 Å². The molecule has 0 aliphatic heterocycles. The number of hydrogen-bond acceptors (Lipinski definition) is 6. The number of fused-ring (bicyclic) bond motifs is 1. The fraction of sp³-hybridized carbons (Fsp3) is 0.129. The highest BCUT2D eigenvalue weighted by atomic mass is 32.2. The predicted octanol–water partition coefficient (Wildman–Crippen LogP) is 7.53. The van der Waals surface area contributed by atoms with Gasteiger partial charge in [0.15, 0.2) is 5.16 Å². The van der Waals surface area contributed by atoms with Crippen LogP contribution in [0.1, 0.15) is 12.5 Å². The summed E-state index contributed by atoms with van der Waals surface area (Å²) in [5, 5.41) is 5.48. The Labute approximate surface area is 235 Å². The van der Waals surface area contributed by atoms with Crippen molar-refractivity contribution < 1.29 is 9.53 Å². The van der Waals surface area contributed by atoms with Crippen molar-refractivity contribution >= 4 is 44.9 Å². The molecular formula is C31H27N3O3S2. The molecule has 5 aromatic rings. The number of aromatic nitrogens is 2. The van der Waals surface area contributed by atoms with Gasteiger partial charge in [-0.25, -0.2) is 4.98 Å². The molecule has 3 aromatic carbocycles. The molecule has 0 fully saturated rings. The largest absolute Gasteiger partial charge is 0.457 e. The molecule has 0 spiro atoms. The van der Waals surface area contributed by atoms with E-state index in [9.17, 15) is 9.59 Å². The molecule has 2 aromatic heterocycles. The van der Waals surface area contributed by atoms with Gasteiger partial charge in [0.05, 0.1) is 10.6 Å². The Morgan fingerprint density at radius 1 is 1.08 bits per heavy atom. The summed E-state index contributed by atoms with van der Waals surface area (Å²) in [5.41, 5.74) is 3.51. The van der Waals surface area contributed by atoms with Crippen molar-refractivity contribution in [1.29, 1.82) is 0 Å². The molecule has 0 aliphatic carbocycles. The monoisotopic (exact) mass is 553 g/mol. The summed E-state index contributed by atoms with van der Waals surface area (Å²) in [6.07, 6.45) is 1.67. The summed E-state index contributed by atoms with van der Waals surface area (Å²) in [7, 11) is 0. The number of nitrogens with zero attached hydrogens (tertiary/aromatic N) is 2. The average molecular weight is 554 g/mol. The van der Waals surface area contributed by atoms with Crippen molar-refractivity contribution in [2.75, 3.05) is 5.32 Å². The lowest BCUT2D eigenvalue weighted by atomic mass is 10.1. The van der Waals surface area contributed by atoms with Gasteiger partial charge in [-0.05, 0) is 55.8 Å². The first-order valence-electron chi connectivity index (χ1n) is 12.4. The second-order valence-electron chi connectivity index (χ2n) is 8.98. The van der Waals surface area contributed by atoms with E-state index in [1.54, 1.807) is 41.8 Å². The number of benzene rings is 3. The van der Waals surface area contributed by atoms with Gasteiger partial charge in [0.1, 0.15) is 16.3 Å². The summed E-state index contributed by atoms with van der Waals surface area (Å²) in [6.45, 7) is 7.94. The number of nitrogens with one attached hydrogen (secondary N) is 1. The van der Waals surface area contributed by atoms with E-state index in [0.717, 1.165) is 22.4 Å². The van der Waals surface area contributed by atoms with E-state index in [0.29, 0.717) is 33.4 Å². The molecule has 0 saturated carbocycles. The van der Waals surface area contributed by atoms with Gasteiger partial charge >= 0.3 is 0 Å². The van der Waals surface area contributed by atoms with Crippen molar-refractivity contribution in [3.05, 3.63) is 113 Å². The topological polar surface area (TPSA) is 73.2 Å². The summed E-state index contributed by atoms with van der Waals surface area (Å²) in [6, 6.07) is 24.8. The first kappa shape index (κ1) is 26.5. The first-order valence-corrected chi connectivity index (χ1v) is 14.2. The van der Waals surface area contributed by atoms with Gasteiger partial charge in [0.2, 0.25) is 5.91 Å². The standard InChI is InChI=1S/C31H27N3O3S2/c1-4-18-34-30(36)27-26(22-12-10-20(2)11-13-22)19-38-29(27)33-31(34)39-21(3)28(35)32-23-14-16-25(17-15-23)37-24-8-6-5-7-9-24/h4-17,19,21H,1,18H2,2-3H3,(H,32,35). The molecule has 1 atom stereocenters. The van der Waals surface area contributed by atoms with Crippen LogP contribution in [-0.4, -0.2) is 20.7 Å². The van der Waals surface area contributed by atoms with Crippen LogP contribution in [0.15, 0.2) is 107 Å². The summed E-state index contributed by atoms with van der Waals surface area (Å²) in [5.74, 6) is 1.22. The van der Waals surface area contributed by atoms with E-state index >= 15 is 0 Å². The highest BCUT2D eigenvalue weighted by Crippen LogP contribution is 2.33. The van der Waals surface area contributed by atoms with Crippen LogP contribution in [0.25, 0.3) is 21.3 Å². The van der Waals surface area contributed by atoms with Gasteiger partial charge in [0.25, 0.3) is 5.56 Å². The number of rotatable bonds is 9. The van der Waals surface area contributed by atoms with Crippen molar-refractivity contribution in [2.24, 2.45) is 0 Å². The van der Waals surface area contributed by atoms with E-state index in [4.69, 9.17) is 9.72 Å². The fourth-order valence-corrected chi connectivity index (χ4v) is 5.92. The minimum Gasteiger partial charge on any atom is -0.457 e. The van der Waals surface area contributed by atoms with E-state index in [1.165, 1.54) is 23.1 Å². The highest BCUT2D eigenvalue weighted by molar-refractivity contribution is 8.00. The molecule has 0 bridgehead atoms. The fourth-order valence-electron chi connectivity index (χ4n) is 4.02. The maximum atomic E-state index is 13.6. The normalized spacial score (nSPS) is 11.7. The van der Waals surface area contributed by atoms with Crippen molar-refractivity contribution in [2.45, 2.75) is 30.8 Å². The molecule has 0 aliphatic rings. The maximum Gasteiger partial charge on any atom is 0.263 e. The minimum absolute atomic E-state index is 0.138. The zero-order chi connectivity index (χ0) is 27.4. The molecule has 0 saturated heterocycles. The van der Waals surface area contributed by atoms with Gasteiger partial charge in [-0.1, -0.05) is 65.9 Å². The Kier molecular flexibility index (Phi) is 7.95. The number of hydrogen-bond donors (Lipinski definition) is 1. The number of carbonyl (C=O) groups is 1. The maximum absolute atomic E-state index is 13.6. The molecule has 1 N–H and O–H groups in total. The number of thioether (sulfide) groups is 1. The molecule has 6 nitrogen and oxygen atoms in total. The number of anilines is 1. The Hall–Kier alpha value is -4.14. The number of amides is 1. The highest BCUT2D eigenvalue weighted by Gasteiger charge is 2.21. The van der Waals surface area contributed by atoms with Crippen molar-refractivity contribution in [3.8, 4) is 22.6 Å². The third kappa shape index (κ3) is 5.97. The van der Waals surface area contributed by atoms with Crippen molar-refractivity contribution in [3.63, 3.8) is 0 Å². The lowest BCUT2D eigenvalue weighted by Crippen LogP contribution is -2.26. The Morgan fingerprint density at radius 2 is 1.77 bits per heavy atom. The quantitative estimate of drug-likeness (QED) is 0.116. The summed E-state index contributed by atoms with van der Waals surface area (Å²) in [4.78, 5) is 32.1. The second kappa shape index (κ2) is 11.7. The molecule has 5 rings (SSSR count). The van der Waals surface area contributed by atoms with E-state index in [1.807, 2.05) is 66.9 Å². The Balaban J connectivity index is 1.34. The summed E-state index contributed by atoms with van der Waals surface area (Å²) < 4.78 is 7.41. The number of allylic oxidation sites excluding steroid dienone is 1. The molecule has 196 valence electrons. The second-order valence-corrected chi connectivity index (χ2v) is 11.1. The number of carbonyl (C=O) groups excluding carboxylic acids is 1. The van der Waals surface area contributed by atoms with Crippen LogP contribution in [-0.2, 0) is 11.3 Å². The summed E-state index contributed by atoms with van der Waals surface area (Å²) >= 11 is 2.68. The SMILES string of the molecule is C=CCn1c(SC(C)C(=O)Nc2ccc(Oc3ccccc3)cc2)nc2scc(-c3ccc(C)cc3)c2c1=O. The number of ether oxygens (including phenoxy) is 1. The van der Waals surface area contributed by atoms with Gasteiger partial charge in [0, 0.05) is 23.2 Å². The third-order valence-electron chi connectivity index (χ3n) is 6.09. The number of para-hydroxylation sites is 1. The van der Waals surface area contributed by atoms with Crippen LogP contribution in [0.5, 0.6) is 11.5 Å². The first-order chi connectivity index (χ1) is 18.9. The van der Waals surface area contributed by atoms with Gasteiger partial charge in [-0.3, -0.25) is 14.2 Å². The lowest BCUT2D eigenvalue weighted by Gasteiger charge is -2.15. The van der Waals surface area contributed by atoms with Crippen LogP contribution in [0.4, 0.5) is 5.69 Å². The van der Waals surface area contributed by atoms with Gasteiger partial charge in [-0.2, -0.15) is 0 Å². The zero-order valence-electron chi connectivity index (χ0n) is 21.6. The molecule has 2 heterocycles. The average Bonchev–Trinajstić information content (AvgIpc) is 3.37. The van der Waals surface area contributed by atoms with Crippen LogP contribution < -0.4 is 15.6 Å². The number of thiophene rings is 1. The van der Waals surface area contributed by atoms with Gasteiger partial charge < -0.3 is 10.1 Å². The Morgan fingerprint density at radius 3 is 2.46 bits per heavy atom. The minimum atomic E-state index is -0.498. The number of aryl methyl sites for hydroxylation is 1. The van der Waals surface area contributed by atoms with E-state index in [2.05, 4.69) is 11.9 Å². The lowest BCUT2D eigenvalue weighted by molar-refractivity contribution is -0.115. The molecule has 1 amide bonds.